The first-order valence-electron chi connectivity index (χ1n) is 7.95. The van der Waals surface area contributed by atoms with Crippen molar-refractivity contribution in [3.63, 3.8) is 0 Å². The number of carbonyl (C=O) groups excluding carboxylic acids is 1. The van der Waals surface area contributed by atoms with E-state index in [1.54, 1.807) is 0 Å². The molecule has 0 aliphatic carbocycles. The zero-order chi connectivity index (χ0) is 14.3. The number of rotatable bonds is 12. The maximum absolute atomic E-state index is 11.2. The Morgan fingerprint density at radius 2 is 1.58 bits per heavy atom. The van der Waals surface area contributed by atoms with Crippen molar-refractivity contribution in [1.29, 1.82) is 0 Å². The third-order valence-electron chi connectivity index (χ3n) is 3.51. The van der Waals surface area contributed by atoms with Crippen LogP contribution in [0.15, 0.2) is 12.2 Å². The largest absolute Gasteiger partial charge is 0.469 e. The van der Waals surface area contributed by atoms with Crippen molar-refractivity contribution in [2.75, 3.05) is 7.11 Å². The molecule has 0 aliphatic rings. The second-order valence-electron chi connectivity index (χ2n) is 5.38. The topological polar surface area (TPSA) is 26.3 Å². The molecule has 0 rings (SSSR count). The van der Waals surface area contributed by atoms with E-state index < -0.39 is 0 Å². The second-order valence-corrected chi connectivity index (χ2v) is 5.38. The van der Waals surface area contributed by atoms with Gasteiger partial charge in [0.1, 0.15) is 0 Å². The van der Waals surface area contributed by atoms with Crippen molar-refractivity contribution < 1.29 is 9.53 Å². The Labute approximate surface area is 119 Å². The lowest BCUT2D eigenvalue weighted by Crippen LogP contribution is -2.11. The molecule has 0 radical (unpaired) electrons. The van der Waals surface area contributed by atoms with Crippen molar-refractivity contribution >= 4 is 5.97 Å². The summed E-state index contributed by atoms with van der Waals surface area (Å²) in [5.41, 5.74) is 0. The molecule has 0 spiro atoms. The molecule has 0 aromatic heterocycles. The van der Waals surface area contributed by atoms with Crippen LogP contribution in [-0.4, -0.2) is 13.1 Å². The average Bonchev–Trinajstić information content (AvgIpc) is 2.43. The van der Waals surface area contributed by atoms with Gasteiger partial charge in [-0.3, -0.25) is 4.79 Å². The number of esters is 1. The molecule has 1 atom stereocenters. The third-order valence-corrected chi connectivity index (χ3v) is 3.51. The van der Waals surface area contributed by atoms with Crippen LogP contribution in [0, 0.1) is 5.92 Å². The number of ether oxygens (including phenoxy) is 1. The van der Waals surface area contributed by atoms with Gasteiger partial charge >= 0.3 is 5.97 Å². The SMILES string of the molecule is CCCCCCCCC/C=C/CCC(C)C(=O)OC. The Hall–Kier alpha value is -0.790. The highest BCUT2D eigenvalue weighted by Crippen LogP contribution is 2.10. The summed E-state index contributed by atoms with van der Waals surface area (Å²) in [7, 11) is 1.45. The van der Waals surface area contributed by atoms with Crippen LogP contribution < -0.4 is 0 Å². The van der Waals surface area contributed by atoms with E-state index in [9.17, 15) is 4.79 Å². The molecule has 0 amide bonds. The van der Waals surface area contributed by atoms with E-state index in [0.717, 1.165) is 12.8 Å². The molecule has 19 heavy (non-hydrogen) atoms. The molecule has 0 N–H and O–H groups in total. The fraction of sp³-hybridized carbons (Fsp3) is 0.824. The molecule has 112 valence electrons. The number of hydrogen-bond acceptors (Lipinski definition) is 2. The maximum atomic E-state index is 11.2. The van der Waals surface area contributed by atoms with Gasteiger partial charge in [-0.15, -0.1) is 0 Å². The van der Waals surface area contributed by atoms with Crippen LogP contribution in [0.2, 0.25) is 0 Å². The van der Waals surface area contributed by atoms with Gasteiger partial charge in [-0.05, 0) is 25.7 Å². The van der Waals surface area contributed by atoms with Crippen molar-refractivity contribution in [3.8, 4) is 0 Å². The molecule has 0 heterocycles. The molecular formula is C17H32O2. The molecule has 0 aromatic rings. The predicted molar refractivity (Wildman–Crippen MR) is 82.2 cm³/mol. The number of hydrogen-bond donors (Lipinski definition) is 0. The lowest BCUT2D eigenvalue weighted by molar-refractivity contribution is -0.144. The van der Waals surface area contributed by atoms with Gasteiger partial charge in [0.15, 0.2) is 0 Å². The number of methoxy groups -OCH3 is 1. The first-order valence-corrected chi connectivity index (χ1v) is 7.95. The Morgan fingerprint density at radius 1 is 1.00 bits per heavy atom. The van der Waals surface area contributed by atoms with Crippen LogP contribution in [0.5, 0.6) is 0 Å². The van der Waals surface area contributed by atoms with Gasteiger partial charge in [-0.25, -0.2) is 0 Å². The standard InChI is InChI=1S/C17H32O2/c1-4-5-6-7-8-9-10-11-12-13-14-15-16(2)17(18)19-3/h12-13,16H,4-11,14-15H2,1-3H3/b13-12+. The van der Waals surface area contributed by atoms with Crippen LogP contribution in [-0.2, 0) is 9.53 Å². The highest BCUT2D eigenvalue weighted by Gasteiger charge is 2.10. The molecule has 2 nitrogen and oxygen atoms in total. The Bertz CT molecular complexity index is 233. The lowest BCUT2D eigenvalue weighted by atomic mass is 10.1. The van der Waals surface area contributed by atoms with Gasteiger partial charge in [0.05, 0.1) is 13.0 Å². The summed E-state index contributed by atoms with van der Waals surface area (Å²) in [5.74, 6) is -0.0753. The molecule has 0 aromatic carbocycles. The summed E-state index contributed by atoms with van der Waals surface area (Å²) in [6.07, 6.45) is 17.1. The summed E-state index contributed by atoms with van der Waals surface area (Å²) in [4.78, 5) is 11.2. The predicted octanol–water partition coefficient (Wildman–Crippen LogP) is 5.27. The average molecular weight is 268 g/mol. The van der Waals surface area contributed by atoms with Gasteiger partial charge in [-0.2, -0.15) is 0 Å². The number of allylic oxidation sites excluding steroid dienone is 2. The van der Waals surface area contributed by atoms with Crippen LogP contribution in [0.25, 0.3) is 0 Å². The molecule has 2 heteroatoms. The Morgan fingerprint density at radius 3 is 2.21 bits per heavy atom. The molecular weight excluding hydrogens is 236 g/mol. The fourth-order valence-electron chi connectivity index (χ4n) is 2.12. The highest BCUT2D eigenvalue weighted by atomic mass is 16.5. The fourth-order valence-corrected chi connectivity index (χ4v) is 2.12. The quantitative estimate of drug-likeness (QED) is 0.274. The first kappa shape index (κ1) is 18.2. The number of carbonyl (C=O) groups is 1. The van der Waals surface area contributed by atoms with Crippen molar-refractivity contribution in [2.45, 2.75) is 78.1 Å². The van der Waals surface area contributed by atoms with Crippen molar-refractivity contribution in [1.82, 2.24) is 0 Å². The van der Waals surface area contributed by atoms with Crippen molar-refractivity contribution in [3.05, 3.63) is 12.2 Å². The summed E-state index contributed by atoms with van der Waals surface area (Å²) in [6, 6.07) is 0. The van der Waals surface area contributed by atoms with Crippen LogP contribution in [0.3, 0.4) is 0 Å². The first-order chi connectivity index (χ1) is 9.22. The van der Waals surface area contributed by atoms with E-state index in [1.165, 1.54) is 58.5 Å². The van der Waals surface area contributed by atoms with Gasteiger partial charge in [0.25, 0.3) is 0 Å². The van der Waals surface area contributed by atoms with E-state index in [1.807, 2.05) is 6.92 Å². The zero-order valence-corrected chi connectivity index (χ0v) is 13.1. The van der Waals surface area contributed by atoms with E-state index in [0.29, 0.717) is 0 Å². The molecule has 0 bridgehead atoms. The van der Waals surface area contributed by atoms with E-state index >= 15 is 0 Å². The summed E-state index contributed by atoms with van der Waals surface area (Å²) in [6.45, 7) is 4.18. The lowest BCUT2D eigenvalue weighted by Gasteiger charge is -2.06. The van der Waals surface area contributed by atoms with Gasteiger partial charge in [-0.1, -0.05) is 64.5 Å². The highest BCUT2D eigenvalue weighted by molar-refractivity contribution is 5.71. The Kier molecular flexibility index (Phi) is 13.1. The minimum atomic E-state index is -0.0968. The summed E-state index contributed by atoms with van der Waals surface area (Å²) < 4.78 is 4.70. The van der Waals surface area contributed by atoms with Gasteiger partial charge in [0.2, 0.25) is 0 Å². The van der Waals surface area contributed by atoms with Crippen molar-refractivity contribution in [2.24, 2.45) is 5.92 Å². The molecule has 1 unspecified atom stereocenters. The van der Waals surface area contributed by atoms with E-state index in [2.05, 4.69) is 19.1 Å². The molecule has 0 saturated carbocycles. The van der Waals surface area contributed by atoms with E-state index in [4.69, 9.17) is 4.74 Å². The number of unbranched alkanes of at least 4 members (excludes halogenated alkanes) is 7. The second kappa shape index (κ2) is 13.6. The molecule has 0 saturated heterocycles. The van der Waals surface area contributed by atoms with Crippen LogP contribution in [0.4, 0.5) is 0 Å². The summed E-state index contributed by atoms with van der Waals surface area (Å²) in [5, 5.41) is 0. The maximum Gasteiger partial charge on any atom is 0.308 e. The summed E-state index contributed by atoms with van der Waals surface area (Å²) >= 11 is 0. The normalized spacial score (nSPS) is 12.8. The van der Waals surface area contributed by atoms with Crippen LogP contribution >= 0.6 is 0 Å². The molecule has 0 aliphatic heterocycles. The smallest absolute Gasteiger partial charge is 0.308 e. The minimum absolute atomic E-state index is 0.0215. The monoisotopic (exact) mass is 268 g/mol. The molecule has 0 fully saturated rings. The Balaban J connectivity index is 3.28. The third kappa shape index (κ3) is 12.0. The van der Waals surface area contributed by atoms with Gasteiger partial charge in [0, 0.05) is 0 Å². The minimum Gasteiger partial charge on any atom is -0.469 e. The van der Waals surface area contributed by atoms with E-state index in [-0.39, 0.29) is 11.9 Å². The zero-order valence-electron chi connectivity index (χ0n) is 13.1. The van der Waals surface area contributed by atoms with Gasteiger partial charge < -0.3 is 4.74 Å². The van der Waals surface area contributed by atoms with Crippen LogP contribution in [0.1, 0.15) is 78.1 Å².